The number of nitrogens with one attached hydrogen (secondary N) is 2. The largest absolute Gasteiger partial charge is 0.465 e. The highest BCUT2D eigenvalue weighted by Gasteiger charge is 2.31. The van der Waals surface area contributed by atoms with Crippen LogP contribution in [0.4, 0.5) is 4.79 Å². The van der Waals surface area contributed by atoms with Crippen molar-refractivity contribution in [3.05, 3.63) is 5.53 Å². The standard InChI is InChI=1S/C9H12N4O4/c10-12-4-7(14)6(13-9(16)17)3-5-1-2-11-8(5)15/h4-6,13H,1-3H2,(H,11,15)(H,16,17). The van der Waals surface area contributed by atoms with Gasteiger partial charge in [-0.05, 0) is 12.8 Å². The zero-order valence-electron chi connectivity index (χ0n) is 8.92. The molecule has 92 valence electrons. The normalized spacial score (nSPS) is 20.0. The van der Waals surface area contributed by atoms with Crippen LogP contribution >= 0.6 is 0 Å². The van der Waals surface area contributed by atoms with E-state index in [-0.39, 0.29) is 12.3 Å². The van der Waals surface area contributed by atoms with E-state index in [4.69, 9.17) is 10.6 Å². The van der Waals surface area contributed by atoms with Crippen LogP contribution in [0.15, 0.2) is 0 Å². The van der Waals surface area contributed by atoms with E-state index in [1.54, 1.807) is 0 Å². The van der Waals surface area contributed by atoms with Gasteiger partial charge in [-0.2, -0.15) is 4.79 Å². The van der Waals surface area contributed by atoms with Crippen LogP contribution in [0.1, 0.15) is 12.8 Å². The molecule has 1 saturated heterocycles. The van der Waals surface area contributed by atoms with Crippen LogP contribution in [0.2, 0.25) is 0 Å². The predicted molar refractivity (Wildman–Crippen MR) is 55.4 cm³/mol. The summed E-state index contributed by atoms with van der Waals surface area (Å²) in [4.78, 5) is 35.8. The first kappa shape index (κ1) is 12.9. The van der Waals surface area contributed by atoms with Crippen LogP contribution in [-0.4, -0.2) is 46.5 Å². The average molecular weight is 240 g/mol. The van der Waals surface area contributed by atoms with Gasteiger partial charge in [0.1, 0.15) is 6.04 Å². The summed E-state index contributed by atoms with van der Waals surface area (Å²) in [5.41, 5.74) is 8.23. The number of Topliss-reactive ketones (excluding diaryl/α,β-unsaturated/α-hetero) is 1. The molecule has 0 spiro atoms. The van der Waals surface area contributed by atoms with E-state index in [1.807, 2.05) is 5.32 Å². The molecular formula is C9H12N4O4. The van der Waals surface area contributed by atoms with Gasteiger partial charge < -0.3 is 21.3 Å². The monoisotopic (exact) mass is 240 g/mol. The number of amides is 2. The minimum Gasteiger partial charge on any atom is -0.465 e. The second-order valence-electron chi connectivity index (χ2n) is 3.66. The zero-order valence-corrected chi connectivity index (χ0v) is 8.92. The first-order chi connectivity index (χ1) is 8.04. The fraction of sp³-hybridized carbons (Fsp3) is 0.556. The topological polar surface area (TPSA) is 132 Å². The Morgan fingerprint density at radius 2 is 2.41 bits per heavy atom. The molecule has 2 atom stereocenters. The Morgan fingerprint density at radius 1 is 1.71 bits per heavy atom. The van der Waals surface area contributed by atoms with Crippen LogP contribution in [0.3, 0.4) is 0 Å². The number of carbonyl (C=O) groups is 3. The molecule has 8 nitrogen and oxygen atoms in total. The molecule has 0 aromatic rings. The number of nitrogens with zero attached hydrogens (tertiary/aromatic N) is 2. The molecule has 2 amide bonds. The minimum atomic E-state index is -1.37. The van der Waals surface area contributed by atoms with E-state index >= 15 is 0 Å². The molecule has 1 heterocycles. The summed E-state index contributed by atoms with van der Waals surface area (Å²) in [6.07, 6.45) is -0.135. The first-order valence-corrected chi connectivity index (χ1v) is 5.03. The Balaban J connectivity index is 2.68. The quantitative estimate of drug-likeness (QED) is 0.323. The Hall–Kier alpha value is -2.21. The summed E-state index contributed by atoms with van der Waals surface area (Å²) >= 11 is 0. The number of hydrogen-bond acceptors (Lipinski definition) is 3. The lowest BCUT2D eigenvalue weighted by Gasteiger charge is -2.14. The highest BCUT2D eigenvalue weighted by Crippen LogP contribution is 2.16. The predicted octanol–water partition coefficient (Wildman–Crippen LogP) is -0.981. The van der Waals surface area contributed by atoms with Crippen molar-refractivity contribution in [1.29, 1.82) is 0 Å². The third-order valence-corrected chi connectivity index (χ3v) is 2.51. The number of carbonyl (C=O) groups excluding carboxylic acids is 2. The van der Waals surface area contributed by atoms with Crippen molar-refractivity contribution in [2.75, 3.05) is 6.54 Å². The van der Waals surface area contributed by atoms with Crippen molar-refractivity contribution in [2.45, 2.75) is 18.9 Å². The maximum atomic E-state index is 11.4. The van der Waals surface area contributed by atoms with Crippen LogP contribution in [0.5, 0.6) is 0 Å². The molecule has 1 rings (SSSR count). The van der Waals surface area contributed by atoms with E-state index in [2.05, 4.69) is 10.1 Å². The molecule has 0 radical (unpaired) electrons. The van der Waals surface area contributed by atoms with Gasteiger partial charge in [0.05, 0.1) is 0 Å². The molecule has 2 unspecified atom stereocenters. The summed E-state index contributed by atoms with van der Waals surface area (Å²) in [6, 6.07) is -1.07. The van der Waals surface area contributed by atoms with Crippen LogP contribution in [0.25, 0.3) is 5.53 Å². The summed E-state index contributed by atoms with van der Waals surface area (Å²) < 4.78 is 0. The van der Waals surface area contributed by atoms with Gasteiger partial charge in [0.15, 0.2) is 0 Å². The van der Waals surface area contributed by atoms with Crippen LogP contribution < -0.4 is 10.6 Å². The van der Waals surface area contributed by atoms with Crippen molar-refractivity contribution < 1.29 is 24.3 Å². The van der Waals surface area contributed by atoms with Crippen LogP contribution in [0, 0.1) is 5.92 Å². The van der Waals surface area contributed by atoms with Gasteiger partial charge in [0.25, 0.3) is 5.78 Å². The second kappa shape index (κ2) is 5.76. The molecule has 8 heteroatoms. The first-order valence-electron chi connectivity index (χ1n) is 5.03. The summed E-state index contributed by atoms with van der Waals surface area (Å²) in [6.45, 7) is 0.519. The average Bonchev–Trinajstić information content (AvgIpc) is 2.63. The van der Waals surface area contributed by atoms with Crippen molar-refractivity contribution in [2.24, 2.45) is 5.92 Å². The molecule has 3 N–H and O–H groups in total. The van der Waals surface area contributed by atoms with Crippen molar-refractivity contribution in [3.63, 3.8) is 0 Å². The number of rotatable bonds is 5. The molecule has 0 aromatic heterocycles. The van der Waals surface area contributed by atoms with Crippen LogP contribution in [-0.2, 0) is 9.59 Å². The van der Waals surface area contributed by atoms with Gasteiger partial charge in [0, 0.05) is 12.5 Å². The van der Waals surface area contributed by atoms with E-state index in [9.17, 15) is 14.4 Å². The smallest absolute Gasteiger partial charge is 0.405 e. The molecule has 1 aliphatic heterocycles. The van der Waals surface area contributed by atoms with Gasteiger partial charge in [-0.1, -0.05) is 0 Å². The van der Waals surface area contributed by atoms with E-state index in [0.29, 0.717) is 19.2 Å². The van der Waals surface area contributed by atoms with E-state index < -0.39 is 23.8 Å². The van der Waals surface area contributed by atoms with E-state index in [0.717, 1.165) is 0 Å². The molecule has 0 bridgehead atoms. The lowest BCUT2D eigenvalue weighted by atomic mass is 9.96. The Bertz CT molecular complexity index is 388. The third kappa shape index (κ3) is 3.69. The van der Waals surface area contributed by atoms with Gasteiger partial charge >= 0.3 is 12.3 Å². The van der Waals surface area contributed by atoms with Gasteiger partial charge in [-0.3, -0.25) is 9.59 Å². The van der Waals surface area contributed by atoms with E-state index in [1.165, 1.54) is 0 Å². The highest BCUT2D eigenvalue weighted by atomic mass is 16.4. The molecule has 0 saturated carbocycles. The van der Waals surface area contributed by atoms with Crippen molar-refractivity contribution in [3.8, 4) is 0 Å². The highest BCUT2D eigenvalue weighted by molar-refractivity contribution is 6.28. The Kier molecular flexibility index (Phi) is 4.36. The number of ketones is 1. The Morgan fingerprint density at radius 3 is 2.88 bits per heavy atom. The molecule has 0 aliphatic carbocycles. The summed E-state index contributed by atoms with van der Waals surface area (Å²) in [7, 11) is 0. The van der Waals surface area contributed by atoms with Crippen molar-refractivity contribution in [1.82, 2.24) is 10.6 Å². The molecule has 0 aromatic carbocycles. The van der Waals surface area contributed by atoms with Gasteiger partial charge in [-0.25, -0.2) is 4.79 Å². The molecule has 17 heavy (non-hydrogen) atoms. The number of carboxylic acid groups (broad SMARTS) is 1. The SMILES string of the molecule is [N-]=[N+]=CC(=O)C(CC1CCNC1=O)NC(=O)O. The maximum absolute atomic E-state index is 11.4. The summed E-state index contributed by atoms with van der Waals surface area (Å²) in [5.74, 6) is -1.28. The number of hydrogen-bond donors (Lipinski definition) is 3. The fourth-order valence-corrected chi connectivity index (χ4v) is 1.70. The van der Waals surface area contributed by atoms with Gasteiger partial charge in [-0.15, -0.1) is 0 Å². The lowest BCUT2D eigenvalue weighted by Crippen LogP contribution is -2.43. The van der Waals surface area contributed by atoms with Gasteiger partial charge in [0.2, 0.25) is 5.91 Å². The minimum absolute atomic E-state index is 0.0585. The maximum Gasteiger partial charge on any atom is 0.405 e. The fourth-order valence-electron chi connectivity index (χ4n) is 1.70. The molecule has 1 aliphatic rings. The van der Waals surface area contributed by atoms with Crippen molar-refractivity contribution >= 4 is 24.0 Å². The Labute approximate surface area is 96.6 Å². The third-order valence-electron chi connectivity index (χ3n) is 2.51. The molecular weight excluding hydrogens is 228 g/mol. The zero-order chi connectivity index (χ0) is 12.8. The second-order valence-corrected chi connectivity index (χ2v) is 3.66. The lowest BCUT2D eigenvalue weighted by molar-refractivity contribution is -0.123. The molecule has 1 fully saturated rings. The summed E-state index contributed by atoms with van der Waals surface area (Å²) in [5, 5.41) is 13.2.